The third-order valence-electron chi connectivity index (χ3n) is 5.33. The number of hydrogen-bond acceptors (Lipinski definition) is 3. The zero-order chi connectivity index (χ0) is 17.1. The number of benzene rings is 1. The number of amides is 1. The lowest BCUT2D eigenvalue weighted by Crippen LogP contribution is -3.15. The van der Waals surface area contributed by atoms with Gasteiger partial charge in [-0.3, -0.25) is 14.9 Å². The average molecular weight is 353 g/mol. The van der Waals surface area contributed by atoms with E-state index in [-0.39, 0.29) is 16.6 Å². The lowest BCUT2D eigenvalue weighted by atomic mass is 9.75. The van der Waals surface area contributed by atoms with Crippen molar-refractivity contribution in [1.82, 2.24) is 0 Å². The molecule has 3 atom stereocenters. The van der Waals surface area contributed by atoms with Gasteiger partial charge in [0.25, 0.3) is 11.6 Å². The Morgan fingerprint density at radius 2 is 2.04 bits per heavy atom. The lowest BCUT2D eigenvalue weighted by molar-refractivity contribution is -0.902. The molecule has 0 spiro atoms. The Morgan fingerprint density at radius 1 is 1.29 bits per heavy atom. The third-order valence-corrected chi connectivity index (χ3v) is 5.65. The normalized spacial score (nSPS) is 26.5. The Morgan fingerprint density at radius 3 is 2.75 bits per heavy atom. The van der Waals surface area contributed by atoms with Gasteiger partial charge in [0.15, 0.2) is 6.54 Å². The molecular formula is C17H23ClN3O3+. The topological polar surface area (TPSA) is 76.7 Å². The molecule has 1 saturated carbocycles. The summed E-state index contributed by atoms with van der Waals surface area (Å²) in [5.74, 6) is 1.53. The maximum absolute atomic E-state index is 12.3. The van der Waals surface area contributed by atoms with E-state index in [2.05, 4.69) is 5.32 Å². The van der Waals surface area contributed by atoms with Gasteiger partial charge in [-0.2, -0.15) is 0 Å². The number of nitrogens with zero attached hydrogens (tertiary/aromatic N) is 1. The Labute approximate surface area is 146 Å². The summed E-state index contributed by atoms with van der Waals surface area (Å²) in [6.45, 7) is 2.55. The molecule has 2 aliphatic rings. The van der Waals surface area contributed by atoms with Crippen molar-refractivity contribution < 1.29 is 14.6 Å². The van der Waals surface area contributed by atoms with Crippen molar-refractivity contribution in [3.05, 3.63) is 33.3 Å². The number of carbonyl (C=O) groups excluding carboxylic acids is 1. The highest BCUT2D eigenvalue weighted by molar-refractivity contribution is 6.33. The zero-order valence-electron chi connectivity index (χ0n) is 13.6. The van der Waals surface area contributed by atoms with Crippen molar-refractivity contribution in [2.24, 2.45) is 11.8 Å². The number of rotatable bonds is 4. The van der Waals surface area contributed by atoms with Gasteiger partial charge < -0.3 is 10.2 Å². The van der Waals surface area contributed by atoms with E-state index in [1.807, 2.05) is 0 Å². The standard InChI is InChI=1S/C17H22ClN3O3/c18-15-9-14(21(23)24)5-6-16(15)19-17(22)11-20-8-7-12-3-1-2-4-13(12)10-20/h5-6,9,12-13H,1-4,7-8,10-11H2,(H,19,22)/p+1/t12-,13+/m0/s1. The molecule has 0 radical (unpaired) electrons. The van der Waals surface area contributed by atoms with Crippen molar-refractivity contribution >= 4 is 28.9 Å². The molecule has 6 nitrogen and oxygen atoms in total. The van der Waals surface area contributed by atoms with Crippen LogP contribution in [0.5, 0.6) is 0 Å². The number of carbonyl (C=O) groups is 1. The van der Waals surface area contributed by atoms with Crippen LogP contribution in [0.3, 0.4) is 0 Å². The number of quaternary nitrogens is 1. The number of hydrogen-bond donors (Lipinski definition) is 2. The SMILES string of the molecule is O=C(C[NH+]1CC[C@@H]2CCCC[C@@H]2C1)Nc1ccc([N+](=O)[O-])cc1Cl. The second kappa shape index (κ2) is 7.49. The summed E-state index contributed by atoms with van der Waals surface area (Å²) in [6.07, 6.45) is 6.53. The van der Waals surface area contributed by atoms with Gasteiger partial charge in [-0.1, -0.05) is 24.4 Å². The van der Waals surface area contributed by atoms with E-state index in [0.29, 0.717) is 12.2 Å². The summed E-state index contributed by atoms with van der Waals surface area (Å²) in [7, 11) is 0. The summed E-state index contributed by atoms with van der Waals surface area (Å²) >= 11 is 6.03. The minimum absolute atomic E-state index is 0.0806. The molecule has 1 amide bonds. The highest BCUT2D eigenvalue weighted by Gasteiger charge is 2.34. The maximum atomic E-state index is 12.3. The molecule has 130 valence electrons. The van der Waals surface area contributed by atoms with E-state index in [1.54, 1.807) is 0 Å². The predicted molar refractivity (Wildman–Crippen MR) is 92.4 cm³/mol. The number of fused-ring (bicyclic) bond motifs is 1. The van der Waals surface area contributed by atoms with Crippen molar-refractivity contribution in [2.45, 2.75) is 32.1 Å². The fourth-order valence-electron chi connectivity index (χ4n) is 4.10. The summed E-state index contributed by atoms with van der Waals surface area (Å²) < 4.78 is 0. The van der Waals surface area contributed by atoms with Gasteiger partial charge in [0, 0.05) is 18.1 Å². The van der Waals surface area contributed by atoms with Gasteiger partial charge in [-0.05, 0) is 31.2 Å². The molecule has 24 heavy (non-hydrogen) atoms. The number of nitro groups is 1. The molecule has 1 aromatic carbocycles. The molecule has 1 aromatic rings. The molecule has 1 saturated heterocycles. The van der Waals surface area contributed by atoms with E-state index in [0.717, 1.165) is 24.9 Å². The first-order chi connectivity index (χ1) is 11.5. The zero-order valence-corrected chi connectivity index (χ0v) is 14.3. The van der Waals surface area contributed by atoms with Gasteiger partial charge in [0.2, 0.25) is 0 Å². The minimum Gasteiger partial charge on any atom is -0.327 e. The molecule has 1 aliphatic carbocycles. The third kappa shape index (κ3) is 4.05. The number of halogens is 1. The van der Waals surface area contributed by atoms with Crippen LogP contribution in [0.25, 0.3) is 0 Å². The van der Waals surface area contributed by atoms with Gasteiger partial charge in [0.1, 0.15) is 0 Å². The number of non-ortho nitro benzene ring substituents is 1. The second-order valence-electron chi connectivity index (χ2n) is 6.94. The van der Waals surface area contributed by atoms with E-state index >= 15 is 0 Å². The maximum Gasteiger partial charge on any atom is 0.279 e. The fourth-order valence-corrected chi connectivity index (χ4v) is 4.32. The molecule has 2 N–H and O–H groups in total. The summed E-state index contributed by atoms with van der Waals surface area (Å²) in [5.41, 5.74) is 0.349. The monoisotopic (exact) mass is 352 g/mol. The van der Waals surface area contributed by atoms with Gasteiger partial charge in [-0.15, -0.1) is 0 Å². The van der Waals surface area contributed by atoms with E-state index in [9.17, 15) is 14.9 Å². The number of nitro benzene ring substituents is 1. The number of piperidine rings is 1. The molecule has 1 heterocycles. The van der Waals surface area contributed by atoms with Crippen molar-refractivity contribution in [1.29, 1.82) is 0 Å². The highest BCUT2D eigenvalue weighted by atomic mass is 35.5. The first-order valence-corrected chi connectivity index (χ1v) is 8.98. The largest absolute Gasteiger partial charge is 0.327 e. The average Bonchev–Trinajstić information content (AvgIpc) is 2.56. The minimum atomic E-state index is -0.504. The molecule has 3 rings (SSSR count). The van der Waals surface area contributed by atoms with Crippen LogP contribution in [0, 0.1) is 22.0 Å². The Kier molecular flexibility index (Phi) is 5.36. The van der Waals surface area contributed by atoms with Crippen molar-refractivity contribution in [3.8, 4) is 0 Å². The molecule has 1 aliphatic heterocycles. The lowest BCUT2D eigenvalue weighted by Gasteiger charge is -2.38. The van der Waals surface area contributed by atoms with Crippen LogP contribution < -0.4 is 10.2 Å². The first kappa shape index (κ1) is 17.2. The summed E-state index contributed by atoms with van der Waals surface area (Å²) in [4.78, 5) is 23.8. The second-order valence-corrected chi connectivity index (χ2v) is 7.35. The van der Waals surface area contributed by atoms with Crippen LogP contribution in [0.4, 0.5) is 11.4 Å². The van der Waals surface area contributed by atoms with Gasteiger partial charge in [0.05, 0.1) is 28.7 Å². The molecule has 2 fully saturated rings. The van der Waals surface area contributed by atoms with Crippen molar-refractivity contribution in [3.63, 3.8) is 0 Å². The Balaban J connectivity index is 1.55. The first-order valence-electron chi connectivity index (χ1n) is 8.60. The van der Waals surface area contributed by atoms with Crippen LogP contribution in [0.1, 0.15) is 32.1 Å². The molecule has 7 heteroatoms. The number of likely N-dealkylation sites (tertiary alicyclic amines) is 1. The Hall–Kier alpha value is -1.66. The van der Waals surface area contributed by atoms with E-state index in [4.69, 9.17) is 11.6 Å². The number of nitrogens with one attached hydrogen (secondary N) is 2. The Bertz CT molecular complexity index is 638. The fraction of sp³-hybridized carbons (Fsp3) is 0.588. The quantitative estimate of drug-likeness (QED) is 0.644. The van der Waals surface area contributed by atoms with E-state index in [1.165, 1.54) is 55.2 Å². The smallest absolute Gasteiger partial charge is 0.279 e. The van der Waals surface area contributed by atoms with Crippen LogP contribution in [-0.2, 0) is 4.79 Å². The molecule has 1 unspecified atom stereocenters. The van der Waals surface area contributed by atoms with Crippen LogP contribution in [0.2, 0.25) is 5.02 Å². The summed E-state index contributed by atoms with van der Waals surface area (Å²) in [5, 5.41) is 13.7. The summed E-state index contributed by atoms with van der Waals surface area (Å²) in [6, 6.07) is 4.10. The van der Waals surface area contributed by atoms with Gasteiger partial charge >= 0.3 is 0 Å². The predicted octanol–water partition coefficient (Wildman–Crippen LogP) is 2.28. The molecular weight excluding hydrogens is 330 g/mol. The molecule has 0 bridgehead atoms. The van der Waals surface area contributed by atoms with E-state index < -0.39 is 4.92 Å². The van der Waals surface area contributed by atoms with Crippen molar-refractivity contribution in [2.75, 3.05) is 25.0 Å². The van der Waals surface area contributed by atoms with Crippen LogP contribution in [-0.4, -0.2) is 30.5 Å². The van der Waals surface area contributed by atoms with Gasteiger partial charge in [-0.25, -0.2) is 0 Å². The van der Waals surface area contributed by atoms with Crippen LogP contribution >= 0.6 is 11.6 Å². The molecule has 0 aromatic heterocycles. The number of anilines is 1. The van der Waals surface area contributed by atoms with Crippen LogP contribution in [0.15, 0.2) is 18.2 Å². The highest BCUT2D eigenvalue weighted by Crippen LogP contribution is 2.32.